The van der Waals surface area contributed by atoms with Crippen LogP contribution in [0, 0.1) is 0 Å². The van der Waals surface area contributed by atoms with Gasteiger partial charge in [-0.2, -0.15) is 4.98 Å². The quantitative estimate of drug-likeness (QED) is 0.520. The van der Waals surface area contributed by atoms with Gasteiger partial charge in [0.15, 0.2) is 11.8 Å². The van der Waals surface area contributed by atoms with Crippen molar-refractivity contribution in [2.24, 2.45) is 4.99 Å². The smallest absolute Gasteiger partial charge is 0.228 e. The van der Waals surface area contributed by atoms with Gasteiger partial charge in [0, 0.05) is 38.0 Å². The number of nitrogens with zero attached hydrogens (tertiary/aromatic N) is 4. The predicted octanol–water partition coefficient (Wildman–Crippen LogP) is 2.58. The Morgan fingerprint density at radius 2 is 2.21 bits per heavy atom. The van der Waals surface area contributed by atoms with E-state index in [9.17, 15) is 0 Å². The summed E-state index contributed by atoms with van der Waals surface area (Å²) in [6.07, 6.45) is 1.68. The lowest BCUT2D eigenvalue weighted by Gasteiger charge is -2.22. The Balaban J connectivity index is 1.55. The monoisotopic (exact) mass is 400 g/mol. The van der Waals surface area contributed by atoms with Crippen molar-refractivity contribution in [2.45, 2.75) is 45.6 Å². The zero-order chi connectivity index (χ0) is 20.6. The van der Waals surface area contributed by atoms with Crippen LogP contribution in [0.3, 0.4) is 0 Å². The van der Waals surface area contributed by atoms with E-state index in [1.165, 1.54) is 0 Å². The molecule has 1 unspecified atom stereocenters. The van der Waals surface area contributed by atoms with Crippen molar-refractivity contribution in [3.8, 4) is 5.75 Å². The minimum Gasteiger partial charge on any atom is -0.495 e. The van der Waals surface area contributed by atoms with Gasteiger partial charge in [0.05, 0.1) is 19.3 Å². The lowest BCUT2D eigenvalue weighted by atomic mass is 10.2. The standard InChI is InChI=1S/C21H32N6O2/c1-5-22-21(23-12-10-19-25-20(15(2)3)26-29-19)24-16-11-13-27(14-16)17-8-6-7-9-18(17)28-4/h6-9,15-16H,5,10-14H2,1-4H3,(H2,22,23,24). The Morgan fingerprint density at radius 1 is 1.38 bits per heavy atom. The van der Waals surface area contributed by atoms with Crippen LogP contribution in [0.15, 0.2) is 33.8 Å². The molecule has 0 amide bonds. The van der Waals surface area contributed by atoms with E-state index in [0.29, 0.717) is 24.9 Å². The number of nitrogens with one attached hydrogen (secondary N) is 2. The summed E-state index contributed by atoms with van der Waals surface area (Å²) < 4.78 is 10.8. The molecular weight excluding hydrogens is 368 g/mol. The largest absolute Gasteiger partial charge is 0.495 e. The molecule has 0 radical (unpaired) electrons. The minimum atomic E-state index is 0.267. The van der Waals surface area contributed by atoms with Crippen molar-refractivity contribution < 1.29 is 9.26 Å². The van der Waals surface area contributed by atoms with Crippen LogP contribution in [0.2, 0.25) is 0 Å². The fourth-order valence-corrected chi connectivity index (χ4v) is 3.37. The van der Waals surface area contributed by atoms with Crippen molar-refractivity contribution in [3.05, 3.63) is 36.0 Å². The van der Waals surface area contributed by atoms with Gasteiger partial charge >= 0.3 is 0 Å². The van der Waals surface area contributed by atoms with Crippen molar-refractivity contribution in [1.82, 2.24) is 20.8 Å². The number of guanidine groups is 1. The van der Waals surface area contributed by atoms with Crippen LogP contribution < -0.4 is 20.3 Å². The van der Waals surface area contributed by atoms with Crippen LogP contribution in [0.25, 0.3) is 0 Å². The van der Waals surface area contributed by atoms with Crippen LogP contribution in [-0.4, -0.2) is 55.4 Å². The maximum Gasteiger partial charge on any atom is 0.228 e. The topological polar surface area (TPSA) is 87.8 Å². The van der Waals surface area contributed by atoms with Gasteiger partial charge in [-0.1, -0.05) is 31.1 Å². The van der Waals surface area contributed by atoms with Gasteiger partial charge in [-0.15, -0.1) is 0 Å². The summed E-state index contributed by atoms with van der Waals surface area (Å²) >= 11 is 0. The highest BCUT2D eigenvalue weighted by atomic mass is 16.5. The maximum atomic E-state index is 5.51. The second-order valence-corrected chi connectivity index (χ2v) is 7.46. The first-order valence-electron chi connectivity index (χ1n) is 10.4. The van der Waals surface area contributed by atoms with Crippen LogP contribution in [-0.2, 0) is 6.42 Å². The van der Waals surface area contributed by atoms with Crippen molar-refractivity contribution in [1.29, 1.82) is 0 Å². The molecule has 0 bridgehead atoms. The summed E-state index contributed by atoms with van der Waals surface area (Å²) in [6.45, 7) is 9.47. The number of hydrogen-bond donors (Lipinski definition) is 2. The van der Waals surface area contributed by atoms with Crippen molar-refractivity contribution >= 4 is 11.6 Å². The summed E-state index contributed by atoms with van der Waals surface area (Å²) in [5.74, 6) is 3.38. The fourth-order valence-electron chi connectivity index (χ4n) is 3.37. The number of benzene rings is 1. The highest BCUT2D eigenvalue weighted by Crippen LogP contribution is 2.30. The fraction of sp³-hybridized carbons (Fsp3) is 0.571. The molecule has 1 aliphatic heterocycles. The Hall–Kier alpha value is -2.77. The molecular formula is C21H32N6O2. The van der Waals surface area contributed by atoms with E-state index in [1.54, 1.807) is 7.11 Å². The molecule has 2 aromatic rings. The van der Waals surface area contributed by atoms with Gasteiger partial charge in [-0.25, -0.2) is 0 Å². The third-order valence-corrected chi connectivity index (χ3v) is 4.89. The molecule has 1 aromatic carbocycles. The Morgan fingerprint density at radius 3 is 2.93 bits per heavy atom. The van der Waals surface area contributed by atoms with Crippen LogP contribution in [0.5, 0.6) is 5.75 Å². The number of ether oxygens (including phenoxy) is 1. The molecule has 0 saturated carbocycles. The van der Waals surface area contributed by atoms with E-state index < -0.39 is 0 Å². The molecule has 2 heterocycles. The Labute approximate surface area is 172 Å². The molecule has 8 heteroatoms. The number of anilines is 1. The molecule has 1 atom stereocenters. The highest BCUT2D eigenvalue weighted by molar-refractivity contribution is 5.80. The zero-order valence-electron chi connectivity index (χ0n) is 17.8. The molecule has 1 saturated heterocycles. The summed E-state index contributed by atoms with van der Waals surface area (Å²) in [4.78, 5) is 11.4. The molecule has 0 spiro atoms. The summed E-state index contributed by atoms with van der Waals surface area (Å²) in [6, 6.07) is 8.48. The average Bonchev–Trinajstić information content (AvgIpc) is 3.38. The first-order valence-corrected chi connectivity index (χ1v) is 10.4. The highest BCUT2D eigenvalue weighted by Gasteiger charge is 2.25. The number of aromatic nitrogens is 2. The van der Waals surface area contributed by atoms with Crippen LogP contribution in [0.4, 0.5) is 5.69 Å². The molecule has 1 fully saturated rings. The van der Waals surface area contributed by atoms with Gasteiger partial charge < -0.3 is 24.8 Å². The van der Waals surface area contributed by atoms with E-state index in [-0.39, 0.29) is 5.92 Å². The number of hydrogen-bond acceptors (Lipinski definition) is 6. The average molecular weight is 401 g/mol. The second-order valence-electron chi connectivity index (χ2n) is 7.46. The van der Waals surface area contributed by atoms with Crippen molar-refractivity contribution in [2.75, 3.05) is 38.2 Å². The maximum absolute atomic E-state index is 5.51. The third-order valence-electron chi connectivity index (χ3n) is 4.89. The van der Waals surface area contributed by atoms with Crippen molar-refractivity contribution in [3.63, 3.8) is 0 Å². The first-order chi connectivity index (χ1) is 14.1. The van der Waals surface area contributed by atoms with Gasteiger partial charge in [0.2, 0.25) is 5.89 Å². The van der Waals surface area contributed by atoms with Gasteiger partial charge in [0.1, 0.15) is 5.75 Å². The summed E-state index contributed by atoms with van der Waals surface area (Å²) in [5.41, 5.74) is 1.14. The Kier molecular flexibility index (Phi) is 7.32. The summed E-state index contributed by atoms with van der Waals surface area (Å²) in [7, 11) is 1.72. The first kappa shape index (κ1) is 21.0. The SMILES string of the molecule is CCNC(=NCCc1nc(C(C)C)no1)NC1CCN(c2ccccc2OC)C1. The second kappa shape index (κ2) is 10.1. The minimum absolute atomic E-state index is 0.267. The number of para-hydroxylation sites is 2. The summed E-state index contributed by atoms with van der Waals surface area (Å²) in [5, 5.41) is 10.9. The third kappa shape index (κ3) is 5.62. The molecule has 0 aliphatic carbocycles. The number of aliphatic imine (C=N–C) groups is 1. The molecule has 3 rings (SSSR count). The lowest BCUT2D eigenvalue weighted by Crippen LogP contribution is -2.44. The molecule has 2 N–H and O–H groups in total. The predicted molar refractivity (Wildman–Crippen MR) is 115 cm³/mol. The Bertz CT molecular complexity index is 804. The molecule has 1 aliphatic rings. The van der Waals surface area contributed by atoms with Crippen LogP contribution >= 0.6 is 0 Å². The molecule has 158 valence electrons. The van der Waals surface area contributed by atoms with E-state index in [1.807, 2.05) is 18.2 Å². The molecule has 1 aromatic heterocycles. The van der Waals surface area contributed by atoms with E-state index in [4.69, 9.17) is 9.26 Å². The van der Waals surface area contributed by atoms with E-state index in [2.05, 4.69) is 57.5 Å². The molecule has 29 heavy (non-hydrogen) atoms. The van der Waals surface area contributed by atoms with Gasteiger partial charge in [0.25, 0.3) is 0 Å². The zero-order valence-corrected chi connectivity index (χ0v) is 17.8. The van der Waals surface area contributed by atoms with E-state index in [0.717, 1.165) is 49.3 Å². The van der Waals surface area contributed by atoms with Gasteiger partial charge in [-0.05, 0) is 25.5 Å². The number of methoxy groups -OCH3 is 1. The lowest BCUT2D eigenvalue weighted by molar-refractivity contribution is 0.372. The number of rotatable bonds is 8. The van der Waals surface area contributed by atoms with Crippen LogP contribution in [0.1, 0.15) is 44.8 Å². The van der Waals surface area contributed by atoms with E-state index >= 15 is 0 Å². The van der Waals surface area contributed by atoms with Gasteiger partial charge in [-0.3, -0.25) is 4.99 Å². The molecule has 8 nitrogen and oxygen atoms in total. The normalized spacial score (nSPS) is 17.1.